The Kier molecular flexibility index (Phi) is 5.32. The van der Waals surface area contributed by atoms with Gasteiger partial charge >= 0.3 is 0 Å². The van der Waals surface area contributed by atoms with Gasteiger partial charge in [0.2, 0.25) is 0 Å². The Morgan fingerprint density at radius 3 is 2.62 bits per heavy atom. The molecule has 0 aliphatic rings. The van der Waals surface area contributed by atoms with E-state index in [1.165, 1.54) is 12.1 Å². The van der Waals surface area contributed by atoms with E-state index in [1.807, 2.05) is 6.92 Å². The van der Waals surface area contributed by atoms with E-state index in [-0.39, 0.29) is 22.7 Å². The smallest absolute Gasteiger partial charge is 0.145 e. The van der Waals surface area contributed by atoms with Crippen LogP contribution >= 0.6 is 11.6 Å². The number of aryl methyl sites for hydroxylation is 1. The molecule has 0 saturated heterocycles. The van der Waals surface area contributed by atoms with Crippen LogP contribution in [0.1, 0.15) is 29.7 Å². The zero-order valence-corrected chi connectivity index (χ0v) is 12.8. The van der Waals surface area contributed by atoms with Crippen molar-refractivity contribution in [3.05, 3.63) is 69.7 Å². The van der Waals surface area contributed by atoms with Crippen LogP contribution in [0.4, 0.5) is 8.78 Å². The molecule has 2 rings (SSSR count). The molecule has 21 heavy (non-hydrogen) atoms. The van der Waals surface area contributed by atoms with Crippen molar-refractivity contribution >= 4 is 11.6 Å². The van der Waals surface area contributed by atoms with Crippen LogP contribution in [0.5, 0.6) is 0 Å². The number of nitrogens with one attached hydrogen (secondary N) is 1. The fourth-order valence-electron chi connectivity index (χ4n) is 2.36. The summed E-state index contributed by atoms with van der Waals surface area (Å²) in [6.45, 7) is 4.45. The molecule has 0 amide bonds. The van der Waals surface area contributed by atoms with Gasteiger partial charge in [-0.05, 0) is 48.7 Å². The van der Waals surface area contributed by atoms with Crippen molar-refractivity contribution in [3.63, 3.8) is 0 Å². The van der Waals surface area contributed by atoms with E-state index in [9.17, 15) is 8.78 Å². The van der Waals surface area contributed by atoms with Crippen molar-refractivity contribution in [1.29, 1.82) is 0 Å². The van der Waals surface area contributed by atoms with Gasteiger partial charge in [0.15, 0.2) is 0 Å². The zero-order chi connectivity index (χ0) is 15.4. The van der Waals surface area contributed by atoms with Gasteiger partial charge in [0.25, 0.3) is 0 Å². The van der Waals surface area contributed by atoms with E-state index in [4.69, 9.17) is 11.6 Å². The molecule has 0 aromatic heterocycles. The first-order chi connectivity index (χ1) is 10.0. The van der Waals surface area contributed by atoms with Crippen LogP contribution in [0.15, 0.2) is 36.4 Å². The Balaban J connectivity index is 2.30. The van der Waals surface area contributed by atoms with E-state index in [2.05, 4.69) is 5.32 Å². The second kappa shape index (κ2) is 7.01. The second-order valence-electron chi connectivity index (χ2n) is 5.04. The highest BCUT2D eigenvalue weighted by molar-refractivity contribution is 6.30. The summed E-state index contributed by atoms with van der Waals surface area (Å²) in [4.78, 5) is 0. The fraction of sp³-hybridized carbons (Fsp3) is 0.294. The lowest BCUT2D eigenvalue weighted by molar-refractivity contribution is 0.526. The molecule has 0 radical (unpaired) electrons. The third-order valence-electron chi connectivity index (χ3n) is 3.49. The first kappa shape index (κ1) is 15.9. The van der Waals surface area contributed by atoms with Crippen LogP contribution in [0.25, 0.3) is 0 Å². The SMILES string of the molecule is CCNC(Cc1cccc(Cl)c1F)c1ccc(F)c(C)c1. The monoisotopic (exact) mass is 309 g/mol. The van der Waals surface area contributed by atoms with Gasteiger partial charge in [0.05, 0.1) is 5.02 Å². The number of halogens is 3. The summed E-state index contributed by atoms with van der Waals surface area (Å²) in [5, 5.41) is 3.43. The summed E-state index contributed by atoms with van der Waals surface area (Å²) in [5.74, 6) is -0.621. The lowest BCUT2D eigenvalue weighted by Crippen LogP contribution is -2.23. The van der Waals surface area contributed by atoms with E-state index < -0.39 is 0 Å². The Bertz CT molecular complexity index is 628. The number of hydrogen-bond acceptors (Lipinski definition) is 1. The number of rotatable bonds is 5. The molecular formula is C17H18ClF2N. The average Bonchev–Trinajstić information content (AvgIpc) is 2.46. The van der Waals surface area contributed by atoms with Crippen molar-refractivity contribution in [2.45, 2.75) is 26.3 Å². The van der Waals surface area contributed by atoms with E-state index in [1.54, 1.807) is 31.2 Å². The lowest BCUT2D eigenvalue weighted by Gasteiger charge is -2.19. The highest BCUT2D eigenvalue weighted by Crippen LogP contribution is 2.25. The molecule has 1 N–H and O–H groups in total. The minimum Gasteiger partial charge on any atom is -0.310 e. The molecule has 4 heteroatoms. The predicted octanol–water partition coefficient (Wildman–Crippen LogP) is 4.82. The van der Waals surface area contributed by atoms with Gasteiger partial charge in [-0.15, -0.1) is 0 Å². The molecule has 1 unspecified atom stereocenters. The zero-order valence-electron chi connectivity index (χ0n) is 12.1. The van der Waals surface area contributed by atoms with E-state index in [0.717, 1.165) is 12.1 Å². The summed E-state index contributed by atoms with van der Waals surface area (Å²) >= 11 is 5.82. The molecule has 0 aliphatic heterocycles. The molecule has 0 bridgehead atoms. The van der Waals surface area contributed by atoms with Gasteiger partial charge < -0.3 is 5.32 Å². The quantitative estimate of drug-likeness (QED) is 0.835. The number of hydrogen-bond donors (Lipinski definition) is 1. The molecule has 112 valence electrons. The maximum atomic E-state index is 14.0. The van der Waals surface area contributed by atoms with Crippen molar-refractivity contribution in [2.75, 3.05) is 6.54 Å². The van der Waals surface area contributed by atoms with Crippen LogP contribution < -0.4 is 5.32 Å². The first-order valence-corrected chi connectivity index (χ1v) is 7.33. The maximum absolute atomic E-state index is 14.0. The van der Waals surface area contributed by atoms with Crippen molar-refractivity contribution in [2.24, 2.45) is 0 Å². The third-order valence-corrected chi connectivity index (χ3v) is 3.78. The summed E-state index contributed by atoms with van der Waals surface area (Å²) in [6.07, 6.45) is 0.464. The molecule has 0 saturated carbocycles. The normalized spacial score (nSPS) is 12.4. The molecule has 1 atom stereocenters. The summed E-state index contributed by atoms with van der Waals surface area (Å²) in [6, 6.07) is 9.89. The molecule has 0 heterocycles. The van der Waals surface area contributed by atoms with Gasteiger partial charge in [-0.2, -0.15) is 0 Å². The topological polar surface area (TPSA) is 12.0 Å². The minimum atomic E-state index is -0.388. The minimum absolute atomic E-state index is 0.0812. The largest absolute Gasteiger partial charge is 0.310 e. The molecular weight excluding hydrogens is 292 g/mol. The van der Waals surface area contributed by atoms with Crippen LogP contribution in [0.2, 0.25) is 5.02 Å². The van der Waals surface area contributed by atoms with E-state index in [0.29, 0.717) is 17.5 Å². The maximum Gasteiger partial charge on any atom is 0.145 e. The van der Waals surface area contributed by atoms with Gasteiger partial charge in [-0.1, -0.05) is 42.8 Å². The molecule has 2 aromatic carbocycles. The van der Waals surface area contributed by atoms with Crippen LogP contribution in [0.3, 0.4) is 0 Å². The Morgan fingerprint density at radius 2 is 1.95 bits per heavy atom. The van der Waals surface area contributed by atoms with Crippen LogP contribution in [-0.2, 0) is 6.42 Å². The first-order valence-electron chi connectivity index (χ1n) is 6.95. The predicted molar refractivity (Wildman–Crippen MR) is 82.7 cm³/mol. The molecule has 0 spiro atoms. The van der Waals surface area contributed by atoms with Gasteiger partial charge in [-0.25, -0.2) is 8.78 Å². The molecule has 2 aromatic rings. The van der Waals surface area contributed by atoms with Crippen LogP contribution in [-0.4, -0.2) is 6.54 Å². The Morgan fingerprint density at radius 1 is 1.19 bits per heavy atom. The van der Waals surface area contributed by atoms with Crippen molar-refractivity contribution in [3.8, 4) is 0 Å². The highest BCUT2D eigenvalue weighted by Gasteiger charge is 2.16. The van der Waals surface area contributed by atoms with Crippen LogP contribution in [0, 0.1) is 18.6 Å². The highest BCUT2D eigenvalue weighted by atomic mass is 35.5. The third kappa shape index (κ3) is 3.80. The molecule has 1 nitrogen and oxygen atoms in total. The summed E-state index contributed by atoms with van der Waals surface area (Å²) in [7, 11) is 0. The molecule has 0 fully saturated rings. The Labute approximate surface area is 128 Å². The lowest BCUT2D eigenvalue weighted by atomic mass is 9.97. The van der Waals surface area contributed by atoms with Gasteiger partial charge in [-0.3, -0.25) is 0 Å². The Hall–Kier alpha value is -1.45. The molecule has 0 aliphatic carbocycles. The second-order valence-corrected chi connectivity index (χ2v) is 5.44. The van der Waals surface area contributed by atoms with Gasteiger partial charge in [0, 0.05) is 6.04 Å². The summed E-state index contributed by atoms with van der Waals surface area (Å²) < 4.78 is 27.4. The van der Waals surface area contributed by atoms with E-state index >= 15 is 0 Å². The van der Waals surface area contributed by atoms with Crippen molar-refractivity contribution < 1.29 is 8.78 Å². The average molecular weight is 310 g/mol. The standard InChI is InChI=1S/C17H18ClF2N/c1-3-21-16(12-7-8-15(19)11(2)9-12)10-13-5-4-6-14(18)17(13)20/h4-9,16,21H,3,10H2,1-2H3. The number of likely N-dealkylation sites (N-methyl/N-ethyl adjacent to an activating group) is 1. The van der Waals surface area contributed by atoms with Gasteiger partial charge in [0.1, 0.15) is 11.6 Å². The van der Waals surface area contributed by atoms with Crippen molar-refractivity contribution in [1.82, 2.24) is 5.32 Å². The summed E-state index contributed by atoms with van der Waals surface area (Å²) in [5.41, 5.74) is 2.08. The fourth-order valence-corrected chi connectivity index (χ4v) is 2.56. The number of benzene rings is 2.